The maximum Gasteiger partial charge on any atom is 0.265 e. The molecular formula is C17H15ClN2O4. The fourth-order valence-electron chi connectivity index (χ4n) is 2.16. The Balaban J connectivity index is 1.59. The van der Waals surface area contributed by atoms with Crippen LogP contribution in [0.25, 0.3) is 0 Å². The van der Waals surface area contributed by atoms with Gasteiger partial charge in [-0.05, 0) is 49.4 Å². The Morgan fingerprint density at radius 2 is 2.04 bits per heavy atom. The van der Waals surface area contributed by atoms with E-state index in [-0.39, 0.29) is 18.4 Å². The van der Waals surface area contributed by atoms with Crippen LogP contribution in [0.15, 0.2) is 42.5 Å². The van der Waals surface area contributed by atoms with Gasteiger partial charge in [-0.15, -0.1) is 0 Å². The van der Waals surface area contributed by atoms with Gasteiger partial charge in [0, 0.05) is 10.7 Å². The summed E-state index contributed by atoms with van der Waals surface area (Å²) in [5.74, 6) is 0.575. The van der Waals surface area contributed by atoms with Crippen LogP contribution in [0, 0.1) is 0 Å². The first-order valence-electron chi connectivity index (χ1n) is 7.31. The highest BCUT2D eigenvalue weighted by molar-refractivity contribution is 6.30. The Kier molecular flexibility index (Phi) is 4.57. The summed E-state index contributed by atoms with van der Waals surface area (Å²) >= 11 is 5.78. The molecule has 1 aliphatic heterocycles. The molecule has 0 saturated carbocycles. The Hall–Kier alpha value is -2.73. The summed E-state index contributed by atoms with van der Waals surface area (Å²) in [7, 11) is 0. The molecule has 24 heavy (non-hydrogen) atoms. The molecule has 1 aliphatic rings. The molecule has 0 bridgehead atoms. The van der Waals surface area contributed by atoms with Crippen LogP contribution in [-0.4, -0.2) is 24.5 Å². The maximum absolute atomic E-state index is 12.0. The number of rotatable bonds is 4. The number of nitrogens with one attached hydrogen (secondary N) is 2. The summed E-state index contributed by atoms with van der Waals surface area (Å²) in [4.78, 5) is 23.6. The zero-order valence-electron chi connectivity index (χ0n) is 12.8. The third-order valence-electron chi connectivity index (χ3n) is 3.38. The third kappa shape index (κ3) is 3.78. The number of fused-ring (bicyclic) bond motifs is 1. The van der Waals surface area contributed by atoms with Gasteiger partial charge in [-0.1, -0.05) is 11.6 Å². The predicted octanol–water partition coefficient (Wildman–Crippen LogP) is 3.08. The van der Waals surface area contributed by atoms with Crippen LogP contribution in [0.5, 0.6) is 11.5 Å². The summed E-state index contributed by atoms with van der Waals surface area (Å²) in [5.41, 5.74) is 1.06. The number of hydrogen-bond acceptors (Lipinski definition) is 4. The van der Waals surface area contributed by atoms with E-state index in [4.69, 9.17) is 21.1 Å². The molecule has 1 unspecified atom stereocenters. The van der Waals surface area contributed by atoms with Crippen molar-refractivity contribution >= 4 is 34.8 Å². The van der Waals surface area contributed by atoms with Crippen molar-refractivity contribution < 1.29 is 19.1 Å². The Morgan fingerprint density at radius 1 is 1.29 bits per heavy atom. The molecule has 1 heterocycles. The Bertz CT molecular complexity index is 777. The third-order valence-corrected chi connectivity index (χ3v) is 3.63. The zero-order valence-corrected chi connectivity index (χ0v) is 13.6. The maximum atomic E-state index is 12.0. The average molecular weight is 347 g/mol. The molecule has 0 aromatic heterocycles. The summed E-state index contributed by atoms with van der Waals surface area (Å²) in [5, 5.41) is 6.03. The second kappa shape index (κ2) is 6.80. The first kappa shape index (κ1) is 16.1. The number of carbonyl (C=O) groups is 2. The minimum absolute atomic E-state index is 0.140. The van der Waals surface area contributed by atoms with E-state index in [0.29, 0.717) is 27.9 Å². The lowest BCUT2D eigenvalue weighted by Crippen LogP contribution is -2.34. The van der Waals surface area contributed by atoms with E-state index in [1.807, 2.05) is 0 Å². The Labute approximate surface area is 143 Å². The molecule has 0 saturated heterocycles. The summed E-state index contributed by atoms with van der Waals surface area (Å²) in [6, 6.07) is 11.8. The minimum Gasteiger partial charge on any atom is -0.484 e. The largest absolute Gasteiger partial charge is 0.484 e. The summed E-state index contributed by atoms with van der Waals surface area (Å²) in [6.07, 6.45) is -0.536. The molecule has 6 nitrogen and oxygen atoms in total. The number of ether oxygens (including phenoxy) is 2. The van der Waals surface area contributed by atoms with E-state index in [1.54, 1.807) is 49.4 Å². The van der Waals surface area contributed by atoms with E-state index in [0.717, 1.165) is 0 Å². The highest BCUT2D eigenvalue weighted by Gasteiger charge is 2.23. The molecule has 7 heteroatoms. The van der Waals surface area contributed by atoms with E-state index < -0.39 is 6.10 Å². The summed E-state index contributed by atoms with van der Waals surface area (Å²) < 4.78 is 10.8. The lowest BCUT2D eigenvalue weighted by Gasteiger charge is -2.23. The fraction of sp³-hybridized carbons (Fsp3) is 0.176. The first-order valence-corrected chi connectivity index (χ1v) is 7.69. The van der Waals surface area contributed by atoms with Gasteiger partial charge in [-0.2, -0.15) is 0 Å². The molecule has 124 valence electrons. The molecule has 1 atom stereocenters. The molecule has 0 fully saturated rings. The van der Waals surface area contributed by atoms with Crippen LogP contribution in [-0.2, 0) is 9.59 Å². The van der Waals surface area contributed by atoms with E-state index >= 15 is 0 Å². The van der Waals surface area contributed by atoms with E-state index in [1.165, 1.54) is 0 Å². The van der Waals surface area contributed by atoms with Crippen molar-refractivity contribution in [1.82, 2.24) is 0 Å². The van der Waals surface area contributed by atoms with Crippen molar-refractivity contribution in [2.45, 2.75) is 13.0 Å². The van der Waals surface area contributed by atoms with Gasteiger partial charge >= 0.3 is 0 Å². The monoisotopic (exact) mass is 346 g/mol. The second-order valence-electron chi connectivity index (χ2n) is 5.25. The number of benzene rings is 2. The molecule has 2 N–H and O–H groups in total. The SMILES string of the molecule is CC1Oc2ccc(NC(=O)COc3ccc(Cl)cc3)cc2NC1=O. The standard InChI is InChI=1S/C17H15ClN2O4/c1-10-17(22)20-14-8-12(4-7-15(14)24-10)19-16(21)9-23-13-5-2-11(18)3-6-13/h2-8,10H,9H2,1H3,(H,19,21)(H,20,22). The molecule has 3 rings (SSSR count). The van der Waals surface area contributed by atoms with Gasteiger partial charge in [0.1, 0.15) is 11.5 Å². The lowest BCUT2D eigenvalue weighted by atomic mass is 10.2. The van der Waals surface area contributed by atoms with Crippen molar-refractivity contribution in [2.24, 2.45) is 0 Å². The van der Waals surface area contributed by atoms with Crippen molar-refractivity contribution in [2.75, 3.05) is 17.2 Å². The van der Waals surface area contributed by atoms with Gasteiger partial charge in [0.15, 0.2) is 12.7 Å². The molecule has 0 aliphatic carbocycles. The van der Waals surface area contributed by atoms with E-state index in [9.17, 15) is 9.59 Å². The van der Waals surface area contributed by atoms with Gasteiger partial charge in [0.05, 0.1) is 5.69 Å². The fourth-order valence-corrected chi connectivity index (χ4v) is 2.29. The second-order valence-corrected chi connectivity index (χ2v) is 5.69. The van der Waals surface area contributed by atoms with Crippen LogP contribution in [0.2, 0.25) is 5.02 Å². The molecule has 0 spiro atoms. The number of amides is 2. The van der Waals surface area contributed by atoms with Crippen LogP contribution in [0.4, 0.5) is 11.4 Å². The smallest absolute Gasteiger partial charge is 0.265 e. The van der Waals surface area contributed by atoms with E-state index in [2.05, 4.69) is 10.6 Å². The van der Waals surface area contributed by atoms with Crippen molar-refractivity contribution in [3.05, 3.63) is 47.5 Å². The zero-order chi connectivity index (χ0) is 17.1. The van der Waals surface area contributed by atoms with Crippen LogP contribution in [0.1, 0.15) is 6.92 Å². The highest BCUT2D eigenvalue weighted by atomic mass is 35.5. The van der Waals surface area contributed by atoms with Crippen LogP contribution in [0.3, 0.4) is 0 Å². The number of halogens is 1. The van der Waals surface area contributed by atoms with Crippen molar-refractivity contribution in [3.8, 4) is 11.5 Å². The van der Waals surface area contributed by atoms with Gasteiger partial charge in [0.25, 0.3) is 11.8 Å². The molecular weight excluding hydrogens is 332 g/mol. The molecule has 0 radical (unpaired) electrons. The van der Waals surface area contributed by atoms with Gasteiger partial charge in [0.2, 0.25) is 0 Å². The number of carbonyl (C=O) groups excluding carboxylic acids is 2. The van der Waals surface area contributed by atoms with Crippen LogP contribution < -0.4 is 20.1 Å². The molecule has 2 aromatic carbocycles. The lowest BCUT2D eigenvalue weighted by molar-refractivity contribution is -0.122. The predicted molar refractivity (Wildman–Crippen MR) is 90.7 cm³/mol. The Morgan fingerprint density at radius 3 is 2.79 bits per heavy atom. The molecule has 2 aromatic rings. The average Bonchev–Trinajstić information content (AvgIpc) is 2.56. The molecule has 2 amide bonds. The number of anilines is 2. The quantitative estimate of drug-likeness (QED) is 0.892. The van der Waals surface area contributed by atoms with Gasteiger partial charge in [-0.3, -0.25) is 9.59 Å². The van der Waals surface area contributed by atoms with Gasteiger partial charge in [-0.25, -0.2) is 0 Å². The van der Waals surface area contributed by atoms with Gasteiger partial charge < -0.3 is 20.1 Å². The van der Waals surface area contributed by atoms with Crippen molar-refractivity contribution in [1.29, 1.82) is 0 Å². The first-order chi connectivity index (χ1) is 11.5. The minimum atomic E-state index is -0.536. The van der Waals surface area contributed by atoms with Crippen LogP contribution >= 0.6 is 11.6 Å². The number of hydrogen-bond donors (Lipinski definition) is 2. The topological polar surface area (TPSA) is 76.7 Å². The van der Waals surface area contributed by atoms with Crippen molar-refractivity contribution in [3.63, 3.8) is 0 Å². The normalized spacial score (nSPS) is 15.8. The highest BCUT2D eigenvalue weighted by Crippen LogP contribution is 2.32. The summed E-state index contributed by atoms with van der Waals surface area (Å²) in [6.45, 7) is 1.53.